The van der Waals surface area contributed by atoms with E-state index in [4.69, 9.17) is 4.74 Å². The standard InChI is InChI=1S/C19H23NO/c1-2-6-16-7-5-9-18(15-16)20-12-14-21-13-11-17-8-3-4-10-19(17)20/h3-5,7-10,15H,2,6,11-14H2,1H3. The molecule has 0 saturated heterocycles. The summed E-state index contributed by atoms with van der Waals surface area (Å²) in [5.41, 5.74) is 5.39. The number of fused-ring (bicyclic) bond motifs is 1. The molecule has 1 aliphatic rings. The highest BCUT2D eigenvalue weighted by Crippen LogP contribution is 2.30. The highest BCUT2D eigenvalue weighted by molar-refractivity contribution is 5.67. The molecule has 2 heteroatoms. The number of anilines is 2. The Balaban J connectivity index is 1.98. The van der Waals surface area contributed by atoms with Crippen molar-refractivity contribution >= 4 is 11.4 Å². The van der Waals surface area contributed by atoms with Gasteiger partial charge < -0.3 is 9.64 Å². The lowest BCUT2D eigenvalue weighted by Crippen LogP contribution is -2.26. The first kappa shape index (κ1) is 14.2. The number of benzene rings is 2. The third-order valence-electron chi connectivity index (χ3n) is 4.02. The summed E-state index contributed by atoms with van der Waals surface area (Å²) in [5.74, 6) is 0. The van der Waals surface area contributed by atoms with Crippen LogP contribution in [0.2, 0.25) is 0 Å². The van der Waals surface area contributed by atoms with Crippen molar-refractivity contribution in [1.29, 1.82) is 0 Å². The number of hydrogen-bond acceptors (Lipinski definition) is 2. The second kappa shape index (κ2) is 6.77. The minimum Gasteiger partial charge on any atom is -0.379 e. The average molecular weight is 281 g/mol. The molecule has 0 aliphatic carbocycles. The molecule has 0 aromatic heterocycles. The SMILES string of the molecule is CCCc1cccc(N2CCOCCc3ccccc32)c1. The molecule has 0 amide bonds. The van der Waals surface area contributed by atoms with Gasteiger partial charge in [0.15, 0.2) is 0 Å². The molecule has 2 aromatic carbocycles. The van der Waals surface area contributed by atoms with Crippen LogP contribution >= 0.6 is 0 Å². The fraction of sp³-hybridized carbons (Fsp3) is 0.368. The summed E-state index contributed by atoms with van der Waals surface area (Å²) in [6, 6.07) is 17.6. The predicted octanol–water partition coefficient (Wildman–Crippen LogP) is 4.35. The first-order valence-electron chi connectivity index (χ1n) is 7.90. The Hall–Kier alpha value is -1.80. The summed E-state index contributed by atoms with van der Waals surface area (Å²) in [4.78, 5) is 2.40. The van der Waals surface area contributed by atoms with Gasteiger partial charge in [0, 0.05) is 17.9 Å². The van der Waals surface area contributed by atoms with Crippen LogP contribution in [0.4, 0.5) is 11.4 Å². The predicted molar refractivity (Wildman–Crippen MR) is 88.4 cm³/mol. The van der Waals surface area contributed by atoms with Crippen LogP contribution in [0.25, 0.3) is 0 Å². The molecule has 0 spiro atoms. The highest BCUT2D eigenvalue weighted by Gasteiger charge is 2.15. The van der Waals surface area contributed by atoms with E-state index in [2.05, 4.69) is 60.4 Å². The second-order valence-corrected chi connectivity index (χ2v) is 5.56. The minimum absolute atomic E-state index is 0.784. The molecular formula is C19H23NO. The Bertz CT molecular complexity index is 594. The van der Waals surface area contributed by atoms with Gasteiger partial charge in [-0.2, -0.15) is 0 Å². The zero-order valence-electron chi connectivity index (χ0n) is 12.7. The zero-order chi connectivity index (χ0) is 14.5. The zero-order valence-corrected chi connectivity index (χ0v) is 12.7. The molecule has 0 radical (unpaired) electrons. The van der Waals surface area contributed by atoms with Gasteiger partial charge in [-0.25, -0.2) is 0 Å². The molecular weight excluding hydrogens is 258 g/mol. The Labute approximate surface area is 127 Å². The van der Waals surface area contributed by atoms with Crippen LogP contribution in [0.1, 0.15) is 24.5 Å². The van der Waals surface area contributed by atoms with E-state index in [1.165, 1.54) is 28.9 Å². The Kier molecular flexibility index (Phi) is 4.56. The van der Waals surface area contributed by atoms with Crippen molar-refractivity contribution in [1.82, 2.24) is 0 Å². The van der Waals surface area contributed by atoms with Gasteiger partial charge in [-0.3, -0.25) is 0 Å². The summed E-state index contributed by atoms with van der Waals surface area (Å²) in [5, 5.41) is 0. The van der Waals surface area contributed by atoms with E-state index in [1.54, 1.807) is 0 Å². The summed E-state index contributed by atoms with van der Waals surface area (Å²) >= 11 is 0. The molecule has 0 fully saturated rings. The van der Waals surface area contributed by atoms with Gasteiger partial charge in [0.05, 0.1) is 13.2 Å². The van der Waals surface area contributed by atoms with Crippen molar-refractivity contribution in [2.45, 2.75) is 26.2 Å². The molecule has 3 rings (SSSR count). The van der Waals surface area contributed by atoms with Crippen molar-refractivity contribution < 1.29 is 4.74 Å². The summed E-state index contributed by atoms with van der Waals surface area (Å²) < 4.78 is 5.72. The normalized spacial score (nSPS) is 15.2. The van der Waals surface area contributed by atoms with E-state index in [1.807, 2.05) is 0 Å². The van der Waals surface area contributed by atoms with Gasteiger partial charge in [-0.1, -0.05) is 43.7 Å². The second-order valence-electron chi connectivity index (χ2n) is 5.56. The van der Waals surface area contributed by atoms with Crippen LogP contribution < -0.4 is 4.90 Å². The van der Waals surface area contributed by atoms with Crippen molar-refractivity contribution in [2.24, 2.45) is 0 Å². The van der Waals surface area contributed by atoms with Crippen LogP contribution in [-0.2, 0) is 17.6 Å². The molecule has 0 unspecified atom stereocenters. The third kappa shape index (κ3) is 3.27. The molecule has 0 N–H and O–H groups in total. The van der Waals surface area contributed by atoms with E-state index in [-0.39, 0.29) is 0 Å². The van der Waals surface area contributed by atoms with Crippen LogP contribution in [0.3, 0.4) is 0 Å². The lowest BCUT2D eigenvalue weighted by Gasteiger charge is -2.29. The van der Waals surface area contributed by atoms with E-state index in [0.717, 1.165) is 32.6 Å². The first-order chi connectivity index (χ1) is 10.4. The molecule has 1 heterocycles. The monoisotopic (exact) mass is 281 g/mol. The lowest BCUT2D eigenvalue weighted by molar-refractivity contribution is 0.142. The average Bonchev–Trinajstić information content (AvgIpc) is 2.49. The van der Waals surface area contributed by atoms with Gasteiger partial charge in [-0.15, -0.1) is 0 Å². The Morgan fingerprint density at radius 2 is 1.95 bits per heavy atom. The molecule has 110 valence electrons. The van der Waals surface area contributed by atoms with Gasteiger partial charge in [0.25, 0.3) is 0 Å². The maximum Gasteiger partial charge on any atom is 0.0646 e. The molecule has 0 saturated carbocycles. The topological polar surface area (TPSA) is 12.5 Å². The molecule has 1 aliphatic heterocycles. The fourth-order valence-corrected chi connectivity index (χ4v) is 2.98. The molecule has 0 atom stereocenters. The largest absolute Gasteiger partial charge is 0.379 e. The molecule has 2 aromatic rings. The lowest BCUT2D eigenvalue weighted by atomic mass is 10.1. The summed E-state index contributed by atoms with van der Waals surface area (Å²) in [7, 11) is 0. The smallest absolute Gasteiger partial charge is 0.0646 e. The Morgan fingerprint density at radius 3 is 2.86 bits per heavy atom. The van der Waals surface area contributed by atoms with Gasteiger partial charge in [0.2, 0.25) is 0 Å². The molecule has 0 bridgehead atoms. The third-order valence-corrected chi connectivity index (χ3v) is 4.02. The summed E-state index contributed by atoms with van der Waals surface area (Å²) in [6.07, 6.45) is 3.31. The van der Waals surface area contributed by atoms with Crippen molar-refractivity contribution in [2.75, 3.05) is 24.7 Å². The van der Waals surface area contributed by atoms with Crippen LogP contribution in [0, 0.1) is 0 Å². The van der Waals surface area contributed by atoms with Gasteiger partial charge in [-0.05, 0) is 42.2 Å². The Morgan fingerprint density at radius 1 is 1.05 bits per heavy atom. The summed E-state index contributed by atoms with van der Waals surface area (Å²) in [6.45, 7) is 4.74. The number of ether oxygens (including phenoxy) is 1. The van der Waals surface area contributed by atoms with Gasteiger partial charge >= 0.3 is 0 Å². The van der Waals surface area contributed by atoms with Crippen LogP contribution in [0.5, 0.6) is 0 Å². The minimum atomic E-state index is 0.784. The number of aryl methyl sites for hydroxylation is 1. The van der Waals surface area contributed by atoms with E-state index < -0.39 is 0 Å². The maximum atomic E-state index is 5.72. The maximum absolute atomic E-state index is 5.72. The van der Waals surface area contributed by atoms with Gasteiger partial charge in [0.1, 0.15) is 0 Å². The first-order valence-corrected chi connectivity index (χ1v) is 7.90. The van der Waals surface area contributed by atoms with Crippen molar-refractivity contribution in [3.05, 3.63) is 59.7 Å². The molecule has 2 nitrogen and oxygen atoms in total. The molecule has 21 heavy (non-hydrogen) atoms. The number of hydrogen-bond donors (Lipinski definition) is 0. The van der Waals surface area contributed by atoms with E-state index in [9.17, 15) is 0 Å². The van der Waals surface area contributed by atoms with Crippen molar-refractivity contribution in [3.8, 4) is 0 Å². The van der Waals surface area contributed by atoms with Crippen LogP contribution in [0.15, 0.2) is 48.5 Å². The van der Waals surface area contributed by atoms with Crippen molar-refractivity contribution in [3.63, 3.8) is 0 Å². The number of rotatable bonds is 3. The highest BCUT2D eigenvalue weighted by atomic mass is 16.5. The quantitative estimate of drug-likeness (QED) is 0.829. The van der Waals surface area contributed by atoms with Crippen LogP contribution in [-0.4, -0.2) is 19.8 Å². The van der Waals surface area contributed by atoms with E-state index >= 15 is 0 Å². The number of para-hydroxylation sites is 1. The fourth-order valence-electron chi connectivity index (χ4n) is 2.98. The number of nitrogens with zero attached hydrogens (tertiary/aromatic N) is 1. The van der Waals surface area contributed by atoms with E-state index in [0.29, 0.717) is 0 Å².